The third-order valence-corrected chi connectivity index (χ3v) is 5.42. The van der Waals surface area contributed by atoms with Crippen molar-refractivity contribution in [2.75, 3.05) is 11.1 Å². The summed E-state index contributed by atoms with van der Waals surface area (Å²) in [5.41, 5.74) is 3.32. The number of nitrogens with one attached hydrogen (secondary N) is 2. The van der Waals surface area contributed by atoms with Crippen LogP contribution in [0.25, 0.3) is 11.4 Å². The number of hydrogen-bond acceptors (Lipinski definition) is 6. The number of ether oxygens (including phenoxy) is 1. The van der Waals surface area contributed by atoms with Crippen LogP contribution in [-0.4, -0.2) is 38.9 Å². The molecule has 0 radical (unpaired) electrons. The number of aromatic nitrogens is 3. The molecule has 0 aliphatic heterocycles. The van der Waals surface area contributed by atoms with Gasteiger partial charge in [0.05, 0.1) is 17.4 Å². The van der Waals surface area contributed by atoms with Crippen LogP contribution in [0.3, 0.4) is 0 Å². The summed E-state index contributed by atoms with van der Waals surface area (Å²) in [7, 11) is 0. The van der Waals surface area contributed by atoms with Crippen LogP contribution in [0, 0.1) is 0 Å². The molecule has 1 heterocycles. The van der Waals surface area contributed by atoms with Crippen LogP contribution in [0.15, 0.2) is 53.7 Å². The Hall–Kier alpha value is -3.13. The molecule has 2 aromatic carbocycles. The SMILES string of the molecule is CC(C)OC(=O)c1ccc(NC(=O)CSc2n[nH]c(-c3ccc(C(C)(C)C)cc3)n2)cc1. The van der Waals surface area contributed by atoms with Gasteiger partial charge >= 0.3 is 5.97 Å². The molecule has 0 bridgehead atoms. The van der Waals surface area contributed by atoms with Crippen LogP contribution >= 0.6 is 11.8 Å². The predicted molar refractivity (Wildman–Crippen MR) is 127 cm³/mol. The summed E-state index contributed by atoms with van der Waals surface area (Å²) in [6.45, 7) is 10.1. The van der Waals surface area contributed by atoms with E-state index in [0.29, 0.717) is 22.2 Å². The minimum atomic E-state index is -0.387. The molecule has 2 N–H and O–H groups in total. The molecular formula is C24H28N4O3S. The molecule has 3 rings (SSSR count). The molecule has 8 heteroatoms. The zero-order valence-electron chi connectivity index (χ0n) is 18.9. The number of amides is 1. The quantitative estimate of drug-likeness (QED) is 0.384. The second-order valence-electron chi connectivity index (χ2n) is 8.66. The van der Waals surface area contributed by atoms with Gasteiger partial charge in [-0.05, 0) is 49.1 Å². The van der Waals surface area contributed by atoms with E-state index in [1.165, 1.54) is 17.3 Å². The van der Waals surface area contributed by atoms with Crippen molar-refractivity contribution >= 4 is 29.3 Å². The maximum Gasteiger partial charge on any atom is 0.338 e. The summed E-state index contributed by atoms with van der Waals surface area (Å²) in [6, 6.07) is 14.8. The number of aromatic amines is 1. The molecule has 168 valence electrons. The highest BCUT2D eigenvalue weighted by atomic mass is 32.2. The van der Waals surface area contributed by atoms with Crippen LogP contribution in [0.2, 0.25) is 0 Å². The van der Waals surface area contributed by atoms with Crippen molar-refractivity contribution in [2.45, 2.75) is 51.3 Å². The summed E-state index contributed by atoms with van der Waals surface area (Å²) in [5, 5.41) is 10.4. The zero-order valence-corrected chi connectivity index (χ0v) is 19.7. The maximum absolute atomic E-state index is 12.3. The van der Waals surface area contributed by atoms with E-state index in [9.17, 15) is 9.59 Å². The maximum atomic E-state index is 12.3. The van der Waals surface area contributed by atoms with Crippen molar-refractivity contribution in [1.29, 1.82) is 0 Å². The molecule has 3 aromatic rings. The molecule has 0 saturated carbocycles. The minimum absolute atomic E-state index is 0.0893. The first-order valence-corrected chi connectivity index (χ1v) is 11.4. The van der Waals surface area contributed by atoms with Crippen molar-refractivity contribution in [3.05, 3.63) is 59.7 Å². The summed E-state index contributed by atoms with van der Waals surface area (Å²) in [4.78, 5) is 28.6. The van der Waals surface area contributed by atoms with Gasteiger partial charge in [-0.2, -0.15) is 0 Å². The van der Waals surface area contributed by atoms with Crippen molar-refractivity contribution in [1.82, 2.24) is 15.2 Å². The van der Waals surface area contributed by atoms with E-state index in [0.717, 1.165) is 5.56 Å². The van der Waals surface area contributed by atoms with E-state index in [2.05, 4.69) is 53.4 Å². The van der Waals surface area contributed by atoms with Crippen molar-refractivity contribution in [2.24, 2.45) is 0 Å². The Labute approximate surface area is 192 Å². The van der Waals surface area contributed by atoms with Crippen molar-refractivity contribution in [3.8, 4) is 11.4 Å². The Kier molecular flexibility index (Phi) is 7.35. The zero-order chi connectivity index (χ0) is 23.3. The third-order valence-electron chi connectivity index (χ3n) is 4.57. The van der Waals surface area contributed by atoms with E-state index in [4.69, 9.17) is 4.74 Å². The highest BCUT2D eigenvalue weighted by molar-refractivity contribution is 7.99. The largest absolute Gasteiger partial charge is 0.459 e. The molecule has 0 spiro atoms. The van der Waals surface area contributed by atoms with Gasteiger partial charge in [-0.1, -0.05) is 56.8 Å². The Morgan fingerprint density at radius 3 is 2.31 bits per heavy atom. The number of benzene rings is 2. The number of H-pyrrole nitrogens is 1. The van der Waals surface area contributed by atoms with Gasteiger partial charge in [0.2, 0.25) is 11.1 Å². The van der Waals surface area contributed by atoms with Gasteiger partial charge in [-0.25, -0.2) is 9.78 Å². The first kappa shape index (κ1) is 23.5. The van der Waals surface area contributed by atoms with E-state index in [1.54, 1.807) is 38.1 Å². The molecule has 0 unspecified atom stereocenters. The average molecular weight is 453 g/mol. The number of carbonyl (C=O) groups excluding carboxylic acids is 2. The van der Waals surface area contributed by atoms with Gasteiger partial charge in [-0.3, -0.25) is 9.89 Å². The number of nitrogens with zero attached hydrogens (tertiary/aromatic N) is 2. The second kappa shape index (κ2) is 9.99. The molecule has 0 fully saturated rings. The number of carbonyl (C=O) groups is 2. The van der Waals surface area contributed by atoms with Crippen molar-refractivity contribution < 1.29 is 14.3 Å². The van der Waals surface area contributed by atoms with Crippen LogP contribution in [0.4, 0.5) is 5.69 Å². The second-order valence-corrected chi connectivity index (χ2v) is 9.60. The molecule has 7 nitrogen and oxygen atoms in total. The highest BCUT2D eigenvalue weighted by Gasteiger charge is 2.15. The lowest BCUT2D eigenvalue weighted by atomic mass is 9.87. The normalized spacial score (nSPS) is 11.4. The van der Waals surface area contributed by atoms with Gasteiger partial charge in [-0.15, -0.1) is 5.10 Å². The van der Waals surface area contributed by atoms with Crippen molar-refractivity contribution in [3.63, 3.8) is 0 Å². The monoisotopic (exact) mass is 452 g/mol. The van der Waals surface area contributed by atoms with E-state index in [1.807, 2.05) is 12.1 Å². The summed E-state index contributed by atoms with van der Waals surface area (Å²) < 4.78 is 5.15. The topological polar surface area (TPSA) is 97.0 Å². The Balaban J connectivity index is 1.52. The lowest BCUT2D eigenvalue weighted by Crippen LogP contribution is -2.15. The fourth-order valence-electron chi connectivity index (χ4n) is 2.87. The van der Waals surface area contributed by atoms with Gasteiger partial charge in [0.1, 0.15) is 0 Å². The number of esters is 1. The summed E-state index contributed by atoms with van der Waals surface area (Å²) >= 11 is 1.25. The fraction of sp³-hybridized carbons (Fsp3) is 0.333. The van der Waals surface area contributed by atoms with Crippen LogP contribution in [-0.2, 0) is 14.9 Å². The standard InChI is InChI=1S/C24H28N4O3S/c1-15(2)31-22(30)17-8-12-19(13-9-17)25-20(29)14-32-23-26-21(27-28-23)16-6-10-18(11-7-16)24(3,4)5/h6-13,15H,14H2,1-5H3,(H,25,29)(H,26,27,28). The van der Waals surface area contributed by atoms with Gasteiger partial charge in [0.25, 0.3) is 0 Å². The van der Waals surface area contributed by atoms with E-state index < -0.39 is 0 Å². The van der Waals surface area contributed by atoms with Gasteiger partial charge in [0.15, 0.2) is 5.82 Å². The number of rotatable bonds is 7. The van der Waals surface area contributed by atoms with Crippen LogP contribution in [0.5, 0.6) is 0 Å². The first-order valence-electron chi connectivity index (χ1n) is 10.4. The van der Waals surface area contributed by atoms with E-state index >= 15 is 0 Å². The highest BCUT2D eigenvalue weighted by Crippen LogP contribution is 2.25. The fourth-order valence-corrected chi connectivity index (χ4v) is 3.47. The lowest BCUT2D eigenvalue weighted by Gasteiger charge is -2.18. The smallest absolute Gasteiger partial charge is 0.338 e. The van der Waals surface area contributed by atoms with Crippen LogP contribution < -0.4 is 5.32 Å². The third kappa shape index (κ3) is 6.43. The molecule has 0 aliphatic carbocycles. The minimum Gasteiger partial charge on any atom is -0.459 e. The molecule has 0 saturated heterocycles. The Morgan fingerprint density at radius 2 is 1.72 bits per heavy atom. The Bertz CT molecular complexity index is 1070. The predicted octanol–water partition coefficient (Wildman–Crippen LogP) is 5.07. The van der Waals surface area contributed by atoms with Crippen LogP contribution in [0.1, 0.15) is 50.5 Å². The molecule has 1 aromatic heterocycles. The Morgan fingerprint density at radius 1 is 1.06 bits per heavy atom. The summed E-state index contributed by atoms with van der Waals surface area (Å²) in [5.74, 6) is 0.254. The van der Waals surface area contributed by atoms with Gasteiger partial charge in [0, 0.05) is 11.3 Å². The molecule has 32 heavy (non-hydrogen) atoms. The molecule has 0 aliphatic rings. The number of thioether (sulfide) groups is 1. The molecular weight excluding hydrogens is 424 g/mol. The lowest BCUT2D eigenvalue weighted by molar-refractivity contribution is -0.113. The summed E-state index contributed by atoms with van der Waals surface area (Å²) in [6.07, 6.45) is -0.182. The molecule has 1 amide bonds. The average Bonchev–Trinajstić information content (AvgIpc) is 3.21. The molecule has 0 atom stereocenters. The number of anilines is 1. The first-order chi connectivity index (χ1) is 15.1. The van der Waals surface area contributed by atoms with Gasteiger partial charge < -0.3 is 10.1 Å². The van der Waals surface area contributed by atoms with E-state index in [-0.39, 0.29) is 29.1 Å². The number of hydrogen-bond donors (Lipinski definition) is 2.